The van der Waals surface area contributed by atoms with Crippen molar-refractivity contribution in [3.63, 3.8) is 0 Å². The Bertz CT molecular complexity index is 537. The normalized spacial score (nSPS) is 10.2. The van der Waals surface area contributed by atoms with Crippen LogP contribution in [0, 0.1) is 0 Å². The number of hydrogen-bond acceptors (Lipinski definition) is 1. The third-order valence-corrected chi connectivity index (χ3v) is 3.43. The van der Waals surface area contributed by atoms with Crippen LogP contribution >= 0.6 is 27.5 Å². The lowest BCUT2D eigenvalue weighted by Gasteiger charge is -2.06. The second-order valence-electron chi connectivity index (χ2n) is 3.62. The standard InChI is InChI=1S/C14H10BrClO/c15-13-7-6-11(8-12(13)14(17)9-16)10-4-2-1-3-5-10/h1-8H,9H2. The van der Waals surface area contributed by atoms with Gasteiger partial charge < -0.3 is 0 Å². The van der Waals surface area contributed by atoms with E-state index in [2.05, 4.69) is 15.9 Å². The van der Waals surface area contributed by atoms with Crippen LogP contribution in [-0.4, -0.2) is 11.7 Å². The van der Waals surface area contributed by atoms with Crippen molar-refractivity contribution in [3.8, 4) is 11.1 Å². The summed E-state index contributed by atoms with van der Waals surface area (Å²) in [4.78, 5) is 11.7. The Hall–Kier alpha value is -1.12. The van der Waals surface area contributed by atoms with Crippen LogP contribution in [0.5, 0.6) is 0 Å². The van der Waals surface area contributed by atoms with Crippen molar-refractivity contribution in [2.75, 3.05) is 5.88 Å². The second kappa shape index (κ2) is 5.48. The summed E-state index contributed by atoms with van der Waals surface area (Å²) in [7, 11) is 0. The number of ketones is 1. The minimum absolute atomic E-state index is 0.00313. The van der Waals surface area contributed by atoms with Gasteiger partial charge in [0.1, 0.15) is 0 Å². The number of benzene rings is 2. The molecule has 0 unspecified atom stereocenters. The predicted molar refractivity (Wildman–Crippen MR) is 74.6 cm³/mol. The average Bonchev–Trinajstić information content (AvgIpc) is 2.39. The molecule has 2 rings (SSSR count). The van der Waals surface area contributed by atoms with E-state index in [9.17, 15) is 4.79 Å². The smallest absolute Gasteiger partial charge is 0.178 e. The largest absolute Gasteiger partial charge is 0.293 e. The molecule has 2 aromatic carbocycles. The minimum atomic E-state index is -0.0728. The summed E-state index contributed by atoms with van der Waals surface area (Å²) in [6, 6.07) is 15.7. The maximum atomic E-state index is 11.7. The van der Waals surface area contributed by atoms with Crippen LogP contribution in [0.3, 0.4) is 0 Å². The van der Waals surface area contributed by atoms with Crippen LogP contribution in [0.1, 0.15) is 10.4 Å². The number of Topliss-reactive ketones (excluding diaryl/α,β-unsaturated/α-hetero) is 1. The van der Waals surface area contributed by atoms with Crippen molar-refractivity contribution in [3.05, 3.63) is 58.6 Å². The lowest BCUT2D eigenvalue weighted by molar-refractivity contribution is 0.102. The molecule has 1 nitrogen and oxygen atoms in total. The molecule has 3 heteroatoms. The first kappa shape index (κ1) is 12.3. The van der Waals surface area contributed by atoms with Crippen LogP contribution in [0.15, 0.2) is 53.0 Å². The van der Waals surface area contributed by atoms with E-state index in [-0.39, 0.29) is 11.7 Å². The molecule has 0 heterocycles. The van der Waals surface area contributed by atoms with Gasteiger partial charge in [-0.2, -0.15) is 0 Å². The molecule has 0 bridgehead atoms. The summed E-state index contributed by atoms with van der Waals surface area (Å²) in [6.07, 6.45) is 0. The number of rotatable bonds is 3. The van der Waals surface area contributed by atoms with Crippen LogP contribution < -0.4 is 0 Å². The molecule has 17 heavy (non-hydrogen) atoms. The highest BCUT2D eigenvalue weighted by atomic mass is 79.9. The molecular formula is C14H10BrClO. The number of halogens is 2. The maximum absolute atomic E-state index is 11.7. The van der Waals surface area contributed by atoms with Gasteiger partial charge in [-0.1, -0.05) is 52.3 Å². The summed E-state index contributed by atoms with van der Waals surface area (Å²) < 4.78 is 0.780. The van der Waals surface area contributed by atoms with Gasteiger partial charge in [0.05, 0.1) is 5.88 Å². The fraction of sp³-hybridized carbons (Fsp3) is 0.0714. The molecule has 0 fully saturated rings. The summed E-state index contributed by atoms with van der Waals surface area (Å²) >= 11 is 8.95. The second-order valence-corrected chi connectivity index (χ2v) is 4.74. The van der Waals surface area contributed by atoms with Gasteiger partial charge in [0.2, 0.25) is 0 Å². The third-order valence-electron chi connectivity index (χ3n) is 2.50. The summed E-state index contributed by atoms with van der Waals surface area (Å²) in [5, 5.41) is 0. The third kappa shape index (κ3) is 2.76. The van der Waals surface area contributed by atoms with Gasteiger partial charge in [0.25, 0.3) is 0 Å². The van der Waals surface area contributed by atoms with E-state index in [0.29, 0.717) is 5.56 Å². The topological polar surface area (TPSA) is 17.1 Å². The maximum Gasteiger partial charge on any atom is 0.178 e. The fourth-order valence-electron chi connectivity index (χ4n) is 1.62. The van der Waals surface area contributed by atoms with Gasteiger partial charge in [-0.05, 0) is 23.3 Å². The molecule has 0 saturated carbocycles. The fourth-order valence-corrected chi connectivity index (χ4v) is 2.23. The zero-order chi connectivity index (χ0) is 12.3. The molecule has 0 amide bonds. The lowest BCUT2D eigenvalue weighted by atomic mass is 10.0. The van der Waals surface area contributed by atoms with Crippen molar-refractivity contribution in [1.82, 2.24) is 0 Å². The van der Waals surface area contributed by atoms with Gasteiger partial charge in [0.15, 0.2) is 5.78 Å². The van der Waals surface area contributed by atoms with Crippen molar-refractivity contribution in [2.24, 2.45) is 0 Å². The van der Waals surface area contributed by atoms with Crippen molar-refractivity contribution in [2.45, 2.75) is 0 Å². The van der Waals surface area contributed by atoms with Crippen molar-refractivity contribution >= 4 is 33.3 Å². The van der Waals surface area contributed by atoms with E-state index < -0.39 is 0 Å². The van der Waals surface area contributed by atoms with E-state index in [1.54, 1.807) is 0 Å². The molecule has 0 saturated heterocycles. The Balaban J connectivity index is 2.48. The number of alkyl halides is 1. The summed E-state index contributed by atoms with van der Waals surface area (Å²) in [5.41, 5.74) is 2.73. The summed E-state index contributed by atoms with van der Waals surface area (Å²) in [5.74, 6) is -0.0760. The van der Waals surface area contributed by atoms with Crippen LogP contribution in [0.4, 0.5) is 0 Å². The van der Waals surface area contributed by atoms with Gasteiger partial charge in [-0.15, -0.1) is 11.6 Å². The number of carbonyl (C=O) groups is 1. The van der Waals surface area contributed by atoms with Crippen LogP contribution in [0.2, 0.25) is 0 Å². The van der Waals surface area contributed by atoms with E-state index in [0.717, 1.165) is 15.6 Å². The molecule has 0 aliphatic carbocycles. The van der Waals surface area contributed by atoms with E-state index in [1.807, 2.05) is 48.5 Å². The van der Waals surface area contributed by atoms with E-state index in [4.69, 9.17) is 11.6 Å². The average molecular weight is 310 g/mol. The van der Waals surface area contributed by atoms with Gasteiger partial charge >= 0.3 is 0 Å². The Kier molecular flexibility index (Phi) is 3.97. The zero-order valence-electron chi connectivity index (χ0n) is 8.99. The Morgan fingerprint density at radius 2 is 1.76 bits per heavy atom. The lowest BCUT2D eigenvalue weighted by Crippen LogP contribution is -2.01. The Labute approximate surface area is 114 Å². The Morgan fingerprint density at radius 3 is 2.41 bits per heavy atom. The first-order valence-corrected chi connectivity index (χ1v) is 6.49. The summed E-state index contributed by atoms with van der Waals surface area (Å²) in [6.45, 7) is 0. The highest BCUT2D eigenvalue weighted by Gasteiger charge is 2.10. The molecule has 0 aliphatic heterocycles. The van der Waals surface area contributed by atoms with E-state index >= 15 is 0 Å². The van der Waals surface area contributed by atoms with Crippen molar-refractivity contribution < 1.29 is 4.79 Å². The van der Waals surface area contributed by atoms with Crippen molar-refractivity contribution in [1.29, 1.82) is 0 Å². The minimum Gasteiger partial charge on any atom is -0.293 e. The van der Waals surface area contributed by atoms with Gasteiger partial charge in [0, 0.05) is 10.0 Å². The first-order chi connectivity index (χ1) is 8.22. The van der Waals surface area contributed by atoms with Gasteiger partial charge in [-0.3, -0.25) is 4.79 Å². The molecule has 0 spiro atoms. The molecule has 0 atom stereocenters. The molecule has 0 radical (unpaired) electrons. The monoisotopic (exact) mass is 308 g/mol. The number of carbonyl (C=O) groups excluding carboxylic acids is 1. The van der Waals surface area contributed by atoms with Crippen LogP contribution in [0.25, 0.3) is 11.1 Å². The molecule has 0 N–H and O–H groups in total. The highest BCUT2D eigenvalue weighted by Crippen LogP contribution is 2.25. The highest BCUT2D eigenvalue weighted by molar-refractivity contribution is 9.10. The molecular weight excluding hydrogens is 300 g/mol. The van der Waals surface area contributed by atoms with Gasteiger partial charge in [-0.25, -0.2) is 0 Å². The molecule has 0 aromatic heterocycles. The molecule has 2 aromatic rings. The predicted octanol–water partition coefficient (Wildman–Crippen LogP) is 4.54. The Morgan fingerprint density at radius 1 is 1.06 bits per heavy atom. The molecule has 0 aliphatic rings. The molecule has 86 valence electrons. The quantitative estimate of drug-likeness (QED) is 0.601. The van der Waals surface area contributed by atoms with Crippen LogP contribution in [-0.2, 0) is 0 Å². The zero-order valence-corrected chi connectivity index (χ0v) is 11.3. The van der Waals surface area contributed by atoms with E-state index in [1.165, 1.54) is 0 Å². The SMILES string of the molecule is O=C(CCl)c1cc(-c2ccccc2)ccc1Br. The first-order valence-electron chi connectivity index (χ1n) is 5.16. The number of hydrogen-bond donors (Lipinski definition) is 0.